The number of anilines is 3. The fraction of sp³-hybridized carbons (Fsp3) is 0.250. The number of alkyl halides is 2. The van der Waals surface area contributed by atoms with Gasteiger partial charge in [0.15, 0.2) is 0 Å². The van der Waals surface area contributed by atoms with Crippen LogP contribution in [0.25, 0.3) is 11.3 Å². The van der Waals surface area contributed by atoms with Crippen LogP contribution in [0.4, 0.5) is 26.2 Å². The molecule has 0 spiro atoms. The van der Waals surface area contributed by atoms with E-state index in [1.54, 1.807) is 30.6 Å². The van der Waals surface area contributed by atoms with E-state index in [0.717, 1.165) is 12.1 Å². The molecule has 0 amide bonds. The molecular formula is C20H22F2N6O. The molecule has 1 aromatic carbocycles. The van der Waals surface area contributed by atoms with Crippen molar-refractivity contribution in [1.29, 1.82) is 0 Å². The topological polar surface area (TPSA) is 75.2 Å². The van der Waals surface area contributed by atoms with Crippen LogP contribution in [0.15, 0.2) is 54.9 Å². The molecule has 29 heavy (non-hydrogen) atoms. The van der Waals surface area contributed by atoms with Gasteiger partial charge in [0.2, 0.25) is 5.95 Å². The summed E-state index contributed by atoms with van der Waals surface area (Å²) in [6.45, 7) is -1.34. The van der Waals surface area contributed by atoms with Gasteiger partial charge >= 0.3 is 6.61 Å². The second-order valence-corrected chi connectivity index (χ2v) is 6.46. The van der Waals surface area contributed by atoms with E-state index in [2.05, 4.69) is 35.2 Å². The van der Waals surface area contributed by atoms with Gasteiger partial charge in [0.25, 0.3) is 0 Å². The lowest BCUT2D eigenvalue weighted by atomic mass is 10.2. The van der Waals surface area contributed by atoms with Crippen molar-refractivity contribution in [3.8, 4) is 17.0 Å². The van der Waals surface area contributed by atoms with Crippen molar-refractivity contribution >= 4 is 17.5 Å². The van der Waals surface area contributed by atoms with Crippen LogP contribution in [0, 0.1) is 0 Å². The van der Waals surface area contributed by atoms with Crippen molar-refractivity contribution in [2.24, 2.45) is 0 Å². The molecule has 0 bridgehead atoms. The Balaban J connectivity index is 1.82. The van der Waals surface area contributed by atoms with E-state index < -0.39 is 6.61 Å². The van der Waals surface area contributed by atoms with Crippen LogP contribution in [0.2, 0.25) is 0 Å². The van der Waals surface area contributed by atoms with Gasteiger partial charge in [0.1, 0.15) is 11.6 Å². The Hall–Kier alpha value is -3.33. The summed E-state index contributed by atoms with van der Waals surface area (Å²) in [7, 11) is 3.98. The number of aromatic nitrogens is 3. The molecule has 0 atom stereocenters. The van der Waals surface area contributed by atoms with E-state index in [9.17, 15) is 8.78 Å². The number of benzene rings is 1. The van der Waals surface area contributed by atoms with Crippen molar-refractivity contribution in [3.63, 3.8) is 0 Å². The molecule has 2 N–H and O–H groups in total. The Morgan fingerprint density at radius 2 is 1.90 bits per heavy atom. The van der Waals surface area contributed by atoms with Gasteiger partial charge in [-0.25, -0.2) is 4.98 Å². The fourth-order valence-corrected chi connectivity index (χ4v) is 2.51. The van der Waals surface area contributed by atoms with Crippen LogP contribution in [0.5, 0.6) is 5.75 Å². The molecule has 0 radical (unpaired) electrons. The third-order valence-corrected chi connectivity index (χ3v) is 3.88. The van der Waals surface area contributed by atoms with Gasteiger partial charge in [-0.05, 0) is 50.5 Å². The van der Waals surface area contributed by atoms with Crippen molar-refractivity contribution < 1.29 is 13.5 Å². The lowest BCUT2D eigenvalue weighted by molar-refractivity contribution is -0.0498. The van der Waals surface area contributed by atoms with E-state index in [4.69, 9.17) is 0 Å². The maximum absolute atomic E-state index is 12.3. The minimum Gasteiger partial charge on any atom is -0.435 e. The Kier molecular flexibility index (Phi) is 6.85. The van der Waals surface area contributed by atoms with E-state index in [0.29, 0.717) is 29.7 Å². The number of halogens is 2. The minimum absolute atomic E-state index is 0.0929. The summed E-state index contributed by atoms with van der Waals surface area (Å²) in [6, 6.07) is 11.8. The second kappa shape index (κ2) is 9.74. The van der Waals surface area contributed by atoms with Crippen molar-refractivity contribution in [1.82, 2.24) is 19.9 Å². The molecule has 3 aromatic rings. The van der Waals surface area contributed by atoms with Gasteiger partial charge in [0.05, 0.1) is 5.69 Å². The third-order valence-electron chi connectivity index (χ3n) is 3.88. The fourth-order valence-electron chi connectivity index (χ4n) is 2.51. The van der Waals surface area contributed by atoms with Crippen LogP contribution >= 0.6 is 0 Å². The summed E-state index contributed by atoms with van der Waals surface area (Å²) < 4.78 is 29.0. The van der Waals surface area contributed by atoms with Crippen molar-refractivity contribution in [3.05, 3.63) is 54.9 Å². The Bertz CT molecular complexity index is 907. The summed E-state index contributed by atoms with van der Waals surface area (Å²) >= 11 is 0. The van der Waals surface area contributed by atoms with Gasteiger partial charge in [-0.15, -0.1) is 0 Å². The Labute approximate surface area is 167 Å². The molecule has 7 nitrogen and oxygen atoms in total. The van der Waals surface area contributed by atoms with Crippen LogP contribution in [0.3, 0.4) is 0 Å². The highest BCUT2D eigenvalue weighted by Gasteiger charge is 2.09. The average Bonchev–Trinajstić information content (AvgIpc) is 2.69. The van der Waals surface area contributed by atoms with Crippen LogP contribution in [-0.2, 0) is 0 Å². The predicted molar refractivity (Wildman–Crippen MR) is 109 cm³/mol. The zero-order valence-corrected chi connectivity index (χ0v) is 16.1. The molecule has 0 fully saturated rings. The lowest BCUT2D eigenvalue weighted by Gasteiger charge is -2.13. The standard InChI is InChI=1S/C20H22F2N6O/c1-28(2)11-10-24-20-26-17(14-4-3-9-23-13-14)12-18(27-20)25-15-5-7-16(8-6-15)29-19(21)22/h3-9,12-13,19H,10-11H2,1-2H3,(H2,24,25,26,27). The molecule has 0 saturated carbocycles. The first-order valence-electron chi connectivity index (χ1n) is 8.99. The molecule has 2 heterocycles. The highest BCUT2D eigenvalue weighted by molar-refractivity contribution is 5.67. The zero-order chi connectivity index (χ0) is 20.6. The first-order valence-corrected chi connectivity index (χ1v) is 8.99. The van der Waals surface area contributed by atoms with Gasteiger partial charge in [0, 0.05) is 42.8 Å². The van der Waals surface area contributed by atoms with Gasteiger partial charge in [-0.3, -0.25) is 4.98 Å². The number of hydrogen-bond acceptors (Lipinski definition) is 7. The van der Waals surface area contributed by atoms with Crippen molar-refractivity contribution in [2.45, 2.75) is 6.61 Å². The maximum Gasteiger partial charge on any atom is 0.387 e. The SMILES string of the molecule is CN(C)CCNc1nc(Nc2ccc(OC(F)F)cc2)cc(-c2cccnc2)n1. The lowest BCUT2D eigenvalue weighted by Crippen LogP contribution is -2.21. The van der Waals surface area contributed by atoms with Crippen LogP contribution in [0.1, 0.15) is 0 Å². The number of nitrogens with zero attached hydrogens (tertiary/aromatic N) is 4. The largest absolute Gasteiger partial charge is 0.435 e. The molecule has 152 valence electrons. The Morgan fingerprint density at radius 1 is 1.10 bits per heavy atom. The molecule has 0 aliphatic heterocycles. The highest BCUT2D eigenvalue weighted by atomic mass is 19.3. The zero-order valence-electron chi connectivity index (χ0n) is 16.1. The molecule has 0 saturated heterocycles. The molecule has 2 aromatic heterocycles. The molecule has 9 heteroatoms. The number of rotatable bonds is 9. The molecule has 0 aliphatic carbocycles. The first kappa shape index (κ1) is 20.4. The Morgan fingerprint density at radius 3 is 2.55 bits per heavy atom. The summed E-state index contributed by atoms with van der Waals surface area (Å²) in [6.07, 6.45) is 3.43. The quantitative estimate of drug-likeness (QED) is 0.565. The van der Waals surface area contributed by atoms with Gasteiger partial charge in [-0.1, -0.05) is 0 Å². The number of hydrogen-bond donors (Lipinski definition) is 2. The van der Waals surface area contributed by atoms with Gasteiger partial charge in [-0.2, -0.15) is 13.8 Å². The first-order chi connectivity index (χ1) is 14.0. The van der Waals surface area contributed by atoms with E-state index in [1.807, 2.05) is 26.2 Å². The smallest absolute Gasteiger partial charge is 0.387 e. The normalized spacial score (nSPS) is 11.0. The van der Waals surface area contributed by atoms with Crippen LogP contribution in [-0.4, -0.2) is 53.6 Å². The molecule has 0 unspecified atom stereocenters. The number of likely N-dealkylation sites (N-methyl/N-ethyl adjacent to an activating group) is 1. The number of ether oxygens (including phenoxy) is 1. The number of nitrogens with one attached hydrogen (secondary N) is 2. The average molecular weight is 400 g/mol. The van der Waals surface area contributed by atoms with E-state index in [-0.39, 0.29) is 5.75 Å². The summed E-state index contributed by atoms with van der Waals surface area (Å²) in [4.78, 5) is 15.3. The third kappa shape index (κ3) is 6.35. The summed E-state index contributed by atoms with van der Waals surface area (Å²) in [5.41, 5.74) is 2.25. The molecule has 3 rings (SSSR count). The number of pyridine rings is 1. The van der Waals surface area contributed by atoms with Crippen LogP contribution < -0.4 is 15.4 Å². The molecule has 0 aliphatic rings. The summed E-state index contributed by atoms with van der Waals surface area (Å²) in [5, 5.41) is 6.38. The minimum atomic E-state index is -2.85. The highest BCUT2D eigenvalue weighted by Crippen LogP contribution is 2.24. The second-order valence-electron chi connectivity index (χ2n) is 6.46. The monoisotopic (exact) mass is 400 g/mol. The van der Waals surface area contributed by atoms with E-state index >= 15 is 0 Å². The molecular weight excluding hydrogens is 378 g/mol. The summed E-state index contributed by atoms with van der Waals surface area (Å²) in [5.74, 6) is 1.14. The van der Waals surface area contributed by atoms with Crippen molar-refractivity contribution in [2.75, 3.05) is 37.8 Å². The maximum atomic E-state index is 12.3. The van der Waals surface area contributed by atoms with E-state index in [1.165, 1.54) is 12.1 Å². The predicted octanol–water partition coefficient (Wildman–Crippen LogP) is 3.86. The van der Waals surface area contributed by atoms with Gasteiger partial charge < -0.3 is 20.3 Å².